The van der Waals surface area contributed by atoms with E-state index in [0.29, 0.717) is 16.7 Å². The third-order valence-electron chi connectivity index (χ3n) is 6.17. The van der Waals surface area contributed by atoms with E-state index in [1.807, 2.05) is 47.9 Å². The van der Waals surface area contributed by atoms with Crippen molar-refractivity contribution < 1.29 is 9.21 Å². The van der Waals surface area contributed by atoms with Crippen molar-refractivity contribution in [3.8, 4) is 17.3 Å². The fourth-order valence-electron chi connectivity index (χ4n) is 4.41. The predicted octanol–water partition coefficient (Wildman–Crippen LogP) is 4.71. The van der Waals surface area contributed by atoms with Crippen LogP contribution in [0.3, 0.4) is 0 Å². The van der Waals surface area contributed by atoms with E-state index in [4.69, 9.17) is 4.42 Å². The molecule has 2 aromatic heterocycles. The summed E-state index contributed by atoms with van der Waals surface area (Å²) in [4.78, 5) is 15.2. The van der Waals surface area contributed by atoms with Crippen LogP contribution in [0.5, 0.6) is 0 Å². The maximum atomic E-state index is 12.8. The maximum Gasteiger partial charge on any atom is 0.230 e. The van der Waals surface area contributed by atoms with Gasteiger partial charge in [0, 0.05) is 25.7 Å². The molecule has 0 bridgehead atoms. The Bertz CT molecular complexity index is 1250. The summed E-state index contributed by atoms with van der Waals surface area (Å²) >= 11 is 1.39. The number of piperidine rings is 1. The third kappa shape index (κ3) is 5.83. The quantitative estimate of drug-likeness (QED) is 0.363. The monoisotopic (exact) mass is 487 g/mol. The number of thioether (sulfide) groups is 1. The van der Waals surface area contributed by atoms with Gasteiger partial charge in [0.25, 0.3) is 0 Å². The van der Waals surface area contributed by atoms with Crippen LogP contribution < -0.4 is 5.32 Å². The van der Waals surface area contributed by atoms with Gasteiger partial charge in [-0.2, -0.15) is 0 Å². The Morgan fingerprint density at radius 2 is 1.89 bits per heavy atom. The van der Waals surface area contributed by atoms with Crippen molar-refractivity contribution in [2.45, 2.75) is 37.5 Å². The number of hydrogen-bond donors (Lipinski definition) is 1. The van der Waals surface area contributed by atoms with Crippen LogP contribution in [0.25, 0.3) is 17.3 Å². The Hall–Kier alpha value is -3.36. The van der Waals surface area contributed by atoms with E-state index in [0.717, 1.165) is 43.7 Å². The molecule has 0 saturated carbocycles. The fraction of sp³-hybridized carbons (Fsp3) is 0.296. The van der Waals surface area contributed by atoms with Crippen LogP contribution in [0, 0.1) is 6.92 Å². The molecule has 1 saturated heterocycles. The van der Waals surface area contributed by atoms with Crippen LogP contribution in [0.1, 0.15) is 24.0 Å². The van der Waals surface area contributed by atoms with E-state index in [-0.39, 0.29) is 17.7 Å². The minimum absolute atomic E-state index is 0.0230. The fourth-order valence-corrected chi connectivity index (χ4v) is 5.17. The Kier molecular flexibility index (Phi) is 7.30. The number of aryl methyl sites for hydroxylation is 1. The Morgan fingerprint density at radius 3 is 2.63 bits per heavy atom. The first-order valence-corrected chi connectivity index (χ1v) is 12.9. The molecule has 3 heterocycles. The normalized spacial score (nSPS) is 14.8. The van der Waals surface area contributed by atoms with Crippen molar-refractivity contribution in [1.82, 2.24) is 25.0 Å². The van der Waals surface area contributed by atoms with Crippen LogP contribution in [0.2, 0.25) is 0 Å². The molecule has 8 heteroatoms. The number of carbonyl (C=O) groups is 1. The molecule has 2 aromatic carbocycles. The molecule has 0 radical (unpaired) electrons. The molecule has 7 nitrogen and oxygen atoms in total. The molecule has 180 valence electrons. The molecular formula is C27H29N5O2S. The van der Waals surface area contributed by atoms with Gasteiger partial charge < -0.3 is 9.73 Å². The molecular weight excluding hydrogens is 458 g/mol. The van der Waals surface area contributed by atoms with Crippen molar-refractivity contribution in [3.63, 3.8) is 0 Å². The van der Waals surface area contributed by atoms with Gasteiger partial charge in [-0.15, -0.1) is 10.2 Å². The van der Waals surface area contributed by atoms with Crippen LogP contribution in [-0.4, -0.2) is 50.5 Å². The summed E-state index contributed by atoms with van der Waals surface area (Å²) in [5.74, 6) is 1.56. The van der Waals surface area contributed by atoms with Gasteiger partial charge >= 0.3 is 0 Å². The number of likely N-dealkylation sites (tertiary alicyclic amines) is 1. The lowest BCUT2D eigenvalue weighted by molar-refractivity contribution is -0.119. The summed E-state index contributed by atoms with van der Waals surface area (Å²) in [5.41, 5.74) is 3.40. The highest BCUT2D eigenvalue weighted by Crippen LogP contribution is 2.28. The van der Waals surface area contributed by atoms with Crippen molar-refractivity contribution in [2.24, 2.45) is 0 Å². The summed E-state index contributed by atoms with van der Waals surface area (Å²) in [6, 6.07) is 22.6. The summed E-state index contributed by atoms with van der Waals surface area (Å²) in [5, 5.41) is 12.6. The summed E-state index contributed by atoms with van der Waals surface area (Å²) in [6.07, 6.45) is 3.55. The van der Waals surface area contributed by atoms with Crippen LogP contribution in [0.4, 0.5) is 0 Å². The SMILES string of the molecule is Cc1cccc(-n2c(SCC(=O)NC3CCN(Cc4ccccc4)CC3)nnc2-c2ccco2)c1. The Morgan fingerprint density at radius 1 is 1.06 bits per heavy atom. The van der Waals surface area contributed by atoms with E-state index < -0.39 is 0 Å². The molecule has 5 rings (SSSR count). The van der Waals surface area contributed by atoms with E-state index in [9.17, 15) is 4.79 Å². The first-order valence-electron chi connectivity index (χ1n) is 11.9. The van der Waals surface area contributed by atoms with Crippen LogP contribution in [0.15, 0.2) is 82.6 Å². The van der Waals surface area contributed by atoms with Gasteiger partial charge in [-0.05, 0) is 55.2 Å². The molecule has 1 amide bonds. The number of nitrogens with zero attached hydrogens (tertiary/aromatic N) is 4. The number of benzene rings is 2. The van der Waals surface area contributed by atoms with Gasteiger partial charge in [0.15, 0.2) is 10.9 Å². The number of hydrogen-bond acceptors (Lipinski definition) is 6. The van der Waals surface area contributed by atoms with E-state index in [1.165, 1.54) is 17.3 Å². The topological polar surface area (TPSA) is 76.2 Å². The van der Waals surface area contributed by atoms with Crippen molar-refractivity contribution >= 4 is 17.7 Å². The summed E-state index contributed by atoms with van der Waals surface area (Å²) in [6.45, 7) is 4.98. The largest absolute Gasteiger partial charge is 0.461 e. The molecule has 0 unspecified atom stereocenters. The zero-order valence-electron chi connectivity index (χ0n) is 19.8. The van der Waals surface area contributed by atoms with Gasteiger partial charge in [-0.3, -0.25) is 14.3 Å². The number of carbonyl (C=O) groups excluding carboxylic acids is 1. The number of rotatable bonds is 8. The molecule has 35 heavy (non-hydrogen) atoms. The van der Waals surface area contributed by atoms with Crippen LogP contribution in [-0.2, 0) is 11.3 Å². The molecule has 1 aliphatic heterocycles. The van der Waals surface area contributed by atoms with Gasteiger partial charge in [-0.1, -0.05) is 54.2 Å². The highest BCUT2D eigenvalue weighted by atomic mass is 32.2. The third-order valence-corrected chi connectivity index (χ3v) is 7.10. The van der Waals surface area contributed by atoms with Crippen molar-refractivity contribution in [1.29, 1.82) is 0 Å². The molecule has 4 aromatic rings. The van der Waals surface area contributed by atoms with E-state index >= 15 is 0 Å². The standard InChI is InChI=1S/C27H29N5O2S/c1-20-7-5-10-23(17-20)32-26(24-11-6-16-34-24)29-30-27(32)35-19-25(33)28-22-12-14-31(15-13-22)18-21-8-3-2-4-9-21/h2-11,16-17,22H,12-15,18-19H2,1H3,(H,28,33). The molecule has 0 atom stereocenters. The maximum absolute atomic E-state index is 12.8. The predicted molar refractivity (Wildman–Crippen MR) is 137 cm³/mol. The molecule has 1 aliphatic rings. The minimum atomic E-state index is 0.0230. The first kappa shape index (κ1) is 23.4. The summed E-state index contributed by atoms with van der Waals surface area (Å²) < 4.78 is 7.53. The smallest absolute Gasteiger partial charge is 0.230 e. The molecule has 0 spiro atoms. The number of aromatic nitrogens is 3. The number of nitrogens with one attached hydrogen (secondary N) is 1. The zero-order chi connectivity index (χ0) is 24.0. The average Bonchev–Trinajstić information content (AvgIpc) is 3.55. The molecule has 1 fully saturated rings. The highest BCUT2D eigenvalue weighted by Gasteiger charge is 2.22. The van der Waals surface area contributed by atoms with Gasteiger partial charge in [0.05, 0.1) is 17.7 Å². The first-order chi connectivity index (χ1) is 17.2. The lowest BCUT2D eigenvalue weighted by Crippen LogP contribution is -2.44. The highest BCUT2D eigenvalue weighted by molar-refractivity contribution is 7.99. The number of furan rings is 1. The summed E-state index contributed by atoms with van der Waals surface area (Å²) in [7, 11) is 0. The second-order valence-electron chi connectivity index (χ2n) is 8.85. The zero-order valence-corrected chi connectivity index (χ0v) is 20.6. The second-order valence-corrected chi connectivity index (χ2v) is 9.79. The van der Waals surface area contributed by atoms with Crippen molar-refractivity contribution in [3.05, 3.63) is 84.1 Å². The van der Waals surface area contributed by atoms with Gasteiger partial charge in [0.1, 0.15) is 0 Å². The lowest BCUT2D eigenvalue weighted by atomic mass is 10.0. The van der Waals surface area contributed by atoms with E-state index in [1.54, 1.807) is 6.26 Å². The minimum Gasteiger partial charge on any atom is -0.461 e. The van der Waals surface area contributed by atoms with Gasteiger partial charge in [-0.25, -0.2) is 0 Å². The Labute approximate surface area is 209 Å². The number of amides is 1. The average molecular weight is 488 g/mol. The lowest BCUT2D eigenvalue weighted by Gasteiger charge is -2.32. The van der Waals surface area contributed by atoms with Crippen molar-refractivity contribution in [2.75, 3.05) is 18.8 Å². The second kappa shape index (κ2) is 10.9. The van der Waals surface area contributed by atoms with Crippen LogP contribution >= 0.6 is 11.8 Å². The molecule has 0 aliphatic carbocycles. The Balaban J connectivity index is 1.19. The molecule has 1 N–H and O–H groups in total. The van der Waals surface area contributed by atoms with Gasteiger partial charge in [0.2, 0.25) is 11.7 Å². The van der Waals surface area contributed by atoms with E-state index in [2.05, 4.69) is 50.7 Å².